The summed E-state index contributed by atoms with van der Waals surface area (Å²) in [6.07, 6.45) is 5.93. The number of carbonyl (C=O) groups is 1. The second-order valence-corrected chi connectivity index (χ2v) is 5.08. The Balaban J connectivity index is 1.97. The molecule has 1 aliphatic rings. The van der Waals surface area contributed by atoms with E-state index in [4.69, 9.17) is 5.11 Å². The number of carboxylic acid groups (broad SMARTS) is 1. The number of hydrogen-bond acceptors (Lipinski definition) is 2. The Labute approximate surface area is 108 Å². The number of nitrogens with zero attached hydrogens (tertiary/aromatic N) is 1. The van der Waals surface area contributed by atoms with E-state index in [1.807, 2.05) is 7.05 Å². The summed E-state index contributed by atoms with van der Waals surface area (Å²) >= 11 is 0. The van der Waals surface area contributed by atoms with Crippen molar-refractivity contribution >= 4 is 11.7 Å². The van der Waals surface area contributed by atoms with E-state index in [0.29, 0.717) is 6.42 Å². The van der Waals surface area contributed by atoms with Gasteiger partial charge in [0.2, 0.25) is 0 Å². The first-order chi connectivity index (χ1) is 8.66. The fourth-order valence-electron chi connectivity index (χ4n) is 2.55. The summed E-state index contributed by atoms with van der Waals surface area (Å²) < 4.78 is 0. The molecular formula is C15H21NO2. The predicted octanol–water partition coefficient (Wildman–Crippen LogP) is 2.87. The highest BCUT2D eigenvalue weighted by molar-refractivity contribution is 5.66. The number of rotatable bonds is 5. The zero-order valence-corrected chi connectivity index (χ0v) is 11.0. The summed E-state index contributed by atoms with van der Waals surface area (Å²) in [5, 5.41) is 8.64. The van der Waals surface area contributed by atoms with Gasteiger partial charge in [0.1, 0.15) is 0 Å². The second-order valence-electron chi connectivity index (χ2n) is 5.08. The van der Waals surface area contributed by atoms with E-state index in [0.717, 1.165) is 6.54 Å². The van der Waals surface area contributed by atoms with E-state index in [-0.39, 0.29) is 6.42 Å². The van der Waals surface area contributed by atoms with Gasteiger partial charge in [0.25, 0.3) is 0 Å². The molecule has 1 aromatic carbocycles. The molecular weight excluding hydrogens is 226 g/mol. The molecule has 0 saturated carbocycles. The Morgan fingerprint density at radius 1 is 1.28 bits per heavy atom. The minimum atomic E-state index is -0.714. The maximum absolute atomic E-state index is 10.5. The maximum Gasteiger partial charge on any atom is 0.303 e. The van der Waals surface area contributed by atoms with E-state index in [2.05, 4.69) is 23.1 Å². The van der Waals surface area contributed by atoms with Gasteiger partial charge in [-0.2, -0.15) is 0 Å². The van der Waals surface area contributed by atoms with Crippen LogP contribution < -0.4 is 4.90 Å². The van der Waals surface area contributed by atoms with Gasteiger partial charge in [-0.1, -0.05) is 6.07 Å². The van der Waals surface area contributed by atoms with Crippen LogP contribution in [0.25, 0.3) is 0 Å². The van der Waals surface area contributed by atoms with Crippen molar-refractivity contribution in [2.45, 2.75) is 38.5 Å². The van der Waals surface area contributed by atoms with Crippen molar-refractivity contribution in [3.05, 3.63) is 29.3 Å². The standard InChI is InChI=1S/C15H21NO2/c1-16(10-4-7-15(17)18)14-9-8-12-5-2-3-6-13(12)11-14/h8-9,11H,2-7,10H2,1H3,(H,17,18). The van der Waals surface area contributed by atoms with Crippen molar-refractivity contribution in [2.24, 2.45) is 0 Å². The molecule has 1 aliphatic carbocycles. The van der Waals surface area contributed by atoms with Crippen molar-refractivity contribution in [1.29, 1.82) is 0 Å². The van der Waals surface area contributed by atoms with Crippen molar-refractivity contribution in [3.8, 4) is 0 Å². The molecule has 0 bridgehead atoms. The van der Waals surface area contributed by atoms with Crippen LogP contribution in [-0.2, 0) is 17.6 Å². The molecule has 2 rings (SSSR count). The third-order valence-corrected chi connectivity index (χ3v) is 3.66. The Hall–Kier alpha value is -1.51. The fraction of sp³-hybridized carbons (Fsp3) is 0.533. The zero-order chi connectivity index (χ0) is 13.0. The van der Waals surface area contributed by atoms with Gasteiger partial charge in [-0.15, -0.1) is 0 Å². The second kappa shape index (κ2) is 5.89. The van der Waals surface area contributed by atoms with Crippen molar-refractivity contribution in [2.75, 3.05) is 18.5 Å². The molecule has 98 valence electrons. The summed E-state index contributed by atoms with van der Waals surface area (Å²) in [5.41, 5.74) is 4.17. The molecule has 0 spiro atoms. The average molecular weight is 247 g/mol. The molecule has 1 aromatic rings. The van der Waals surface area contributed by atoms with Gasteiger partial charge < -0.3 is 10.0 Å². The van der Waals surface area contributed by atoms with E-state index >= 15 is 0 Å². The van der Waals surface area contributed by atoms with Crippen molar-refractivity contribution in [3.63, 3.8) is 0 Å². The molecule has 0 amide bonds. The number of aryl methyl sites for hydroxylation is 2. The number of hydrogen-bond donors (Lipinski definition) is 1. The molecule has 0 aliphatic heterocycles. The van der Waals surface area contributed by atoms with Crippen LogP contribution in [-0.4, -0.2) is 24.7 Å². The number of fused-ring (bicyclic) bond motifs is 1. The van der Waals surface area contributed by atoms with E-state index in [1.165, 1.54) is 42.5 Å². The lowest BCUT2D eigenvalue weighted by molar-refractivity contribution is -0.137. The molecule has 0 fully saturated rings. The van der Waals surface area contributed by atoms with Gasteiger partial charge >= 0.3 is 5.97 Å². The van der Waals surface area contributed by atoms with Crippen LogP contribution in [0.4, 0.5) is 5.69 Å². The third-order valence-electron chi connectivity index (χ3n) is 3.66. The summed E-state index contributed by atoms with van der Waals surface area (Å²) in [5.74, 6) is -0.714. The smallest absolute Gasteiger partial charge is 0.303 e. The van der Waals surface area contributed by atoms with Crippen LogP contribution in [0.1, 0.15) is 36.8 Å². The van der Waals surface area contributed by atoms with Gasteiger partial charge in [0, 0.05) is 25.7 Å². The summed E-state index contributed by atoms with van der Waals surface area (Å²) in [7, 11) is 2.03. The summed E-state index contributed by atoms with van der Waals surface area (Å²) in [4.78, 5) is 12.6. The SMILES string of the molecule is CN(CCCC(=O)O)c1ccc2c(c1)CCCC2. The first-order valence-corrected chi connectivity index (χ1v) is 6.71. The number of carboxylic acids is 1. The Morgan fingerprint density at radius 3 is 2.72 bits per heavy atom. The maximum atomic E-state index is 10.5. The lowest BCUT2D eigenvalue weighted by Crippen LogP contribution is -2.19. The van der Waals surface area contributed by atoms with Crippen molar-refractivity contribution < 1.29 is 9.90 Å². The molecule has 0 atom stereocenters. The molecule has 3 heteroatoms. The Morgan fingerprint density at radius 2 is 2.00 bits per heavy atom. The molecule has 0 unspecified atom stereocenters. The quantitative estimate of drug-likeness (QED) is 0.869. The van der Waals surface area contributed by atoms with Crippen molar-refractivity contribution in [1.82, 2.24) is 0 Å². The van der Waals surface area contributed by atoms with Crippen LogP contribution in [0.3, 0.4) is 0 Å². The molecule has 0 aromatic heterocycles. The molecule has 3 nitrogen and oxygen atoms in total. The van der Waals surface area contributed by atoms with Crippen LogP contribution in [0.5, 0.6) is 0 Å². The number of benzene rings is 1. The normalized spacial score (nSPS) is 14.1. The van der Waals surface area contributed by atoms with Gasteiger partial charge in [-0.05, 0) is 55.4 Å². The van der Waals surface area contributed by atoms with E-state index in [1.54, 1.807) is 0 Å². The molecule has 0 radical (unpaired) electrons. The number of aliphatic carboxylic acids is 1. The Bertz CT molecular complexity index is 429. The summed E-state index contributed by atoms with van der Waals surface area (Å²) in [6.45, 7) is 0.797. The average Bonchev–Trinajstić information content (AvgIpc) is 2.37. The first kappa shape index (κ1) is 12.9. The van der Waals surface area contributed by atoms with E-state index in [9.17, 15) is 4.79 Å². The van der Waals surface area contributed by atoms with Gasteiger partial charge in [0.15, 0.2) is 0 Å². The minimum absolute atomic E-state index is 0.245. The summed E-state index contributed by atoms with van der Waals surface area (Å²) in [6, 6.07) is 6.66. The first-order valence-electron chi connectivity index (χ1n) is 6.71. The van der Waals surface area contributed by atoms with E-state index < -0.39 is 5.97 Å². The minimum Gasteiger partial charge on any atom is -0.481 e. The molecule has 18 heavy (non-hydrogen) atoms. The lowest BCUT2D eigenvalue weighted by Gasteiger charge is -2.22. The monoisotopic (exact) mass is 247 g/mol. The molecule has 0 heterocycles. The van der Waals surface area contributed by atoms with Crippen LogP contribution in [0.15, 0.2) is 18.2 Å². The fourth-order valence-corrected chi connectivity index (χ4v) is 2.55. The number of anilines is 1. The highest BCUT2D eigenvalue weighted by atomic mass is 16.4. The third kappa shape index (κ3) is 3.25. The van der Waals surface area contributed by atoms with Crippen LogP contribution >= 0.6 is 0 Å². The van der Waals surface area contributed by atoms with Gasteiger partial charge in [-0.25, -0.2) is 0 Å². The highest BCUT2D eigenvalue weighted by Crippen LogP contribution is 2.25. The lowest BCUT2D eigenvalue weighted by atomic mass is 9.91. The topological polar surface area (TPSA) is 40.5 Å². The predicted molar refractivity (Wildman–Crippen MR) is 73.2 cm³/mol. The van der Waals surface area contributed by atoms with Gasteiger partial charge in [0.05, 0.1) is 0 Å². The Kier molecular flexibility index (Phi) is 4.24. The zero-order valence-electron chi connectivity index (χ0n) is 11.0. The molecule has 1 N–H and O–H groups in total. The van der Waals surface area contributed by atoms with Crippen LogP contribution in [0, 0.1) is 0 Å². The highest BCUT2D eigenvalue weighted by Gasteiger charge is 2.11. The van der Waals surface area contributed by atoms with Crippen LogP contribution in [0.2, 0.25) is 0 Å². The largest absolute Gasteiger partial charge is 0.481 e. The molecule has 0 saturated heterocycles. The van der Waals surface area contributed by atoms with Gasteiger partial charge in [-0.3, -0.25) is 4.79 Å².